The Morgan fingerprint density at radius 3 is 2.58 bits per heavy atom. The van der Waals surface area contributed by atoms with Crippen molar-refractivity contribution in [2.24, 2.45) is 5.16 Å². The molecule has 0 radical (unpaired) electrons. The number of rotatable bonds is 5. The molecule has 24 heavy (non-hydrogen) atoms. The van der Waals surface area contributed by atoms with Crippen LogP contribution in [0.15, 0.2) is 71.9 Å². The van der Waals surface area contributed by atoms with Gasteiger partial charge in [0.15, 0.2) is 6.61 Å². The topological polar surface area (TPSA) is 50.7 Å². The van der Waals surface area contributed by atoms with Crippen LogP contribution < -0.4 is 5.32 Å². The van der Waals surface area contributed by atoms with E-state index in [2.05, 4.69) is 10.5 Å². The number of carbonyl (C=O) groups excluding carboxylic acids is 1. The number of carbonyl (C=O) groups is 1. The predicted octanol–water partition coefficient (Wildman–Crippen LogP) is 4.48. The number of fused-ring (bicyclic) bond motifs is 1. The molecule has 0 aliphatic carbocycles. The molecule has 4 nitrogen and oxygen atoms in total. The van der Waals surface area contributed by atoms with Crippen LogP contribution in [-0.4, -0.2) is 18.7 Å². The summed E-state index contributed by atoms with van der Waals surface area (Å²) in [6, 6.07) is 20.8. The molecule has 3 rings (SSSR count). The van der Waals surface area contributed by atoms with Crippen LogP contribution in [0.3, 0.4) is 0 Å². The quantitative estimate of drug-likeness (QED) is 0.550. The van der Waals surface area contributed by atoms with E-state index in [4.69, 9.17) is 16.4 Å². The van der Waals surface area contributed by atoms with E-state index in [9.17, 15) is 4.79 Å². The van der Waals surface area contributed by atoms with Gasteiger partial charge in [0.05, 0.1) is 6.21 Å². The highest BCUT2D eigenvalue weighted by Gasteiger charge is 2.03. The molecule has 0 aromatic heterocycles. The zero-order valence-corrected chi connectivity index (χ0v) is 13.5. The summed E-state index contributed by atoms with van der Waals surface area (Å²) in [5.74, 6) is -0.265. The number of oxime groups is 1. The fourth-order valence-electron chi connectivity index (χ4n) is 2.21. The van der Waals surface area contributed by atoms with Gasteiger partial charge >= 0.3 is 0 Å². The van der Waals surface area contributed by atoms with Gasteiger partial charge in [0.1, 0.15) is 0 Å². The first kappa shape index (κ1) is 16.0. The Morgan fingerprint density at radius 2 is 1.79 bits per heavy atom. The van der Waals surface area contributed by atoms with Crippen LogP contribution in [0.1, 0.15) is 5.56 Å². The Balaban J connectivity index is 1.52. The van der Waals surface area contributed by atoms with Gasteiger partial charge < -0.3 is 10.2 Å². The minimum atomic E-state index is -0.265. The van der Waals surface area contributed by atoms with Crippen LogP contribution in [-0.2, 0) is 9.63 Å². The van der Waals surface area contributed by atoms with Gasteiger partial charge in [-0.2, -0.15) is 0 Å². The molecular formula is C19H15ClN2O2. The Hall–Kier alpha value is -2.85. The van der Waals surface area contributed by atoms with E-state index in [1.165, 1.54) is 6.21 Å². The number of nitrogens with zero attached hydrogens (tertiary/aromatic N) is 1. The van der Waals surface area contributed by atoms with E-state index >= 15 is 0 Å². The molecule has 1 amide bonds. The lowest BCUT2D eigenvalue weighted by Crippen LogP contribution is -2.16. The number of halogens is 1. The van der Waals surface area contributed by atoms with Crippen LogP contribution >= 0.6 is 11.6 Å². The largest absolute Gasteiger partial charge is 0.386 e. The molecule has 1 N–H and O–H groups in total. The number of anilines is 1. The van der Waals surface area contributed by atoms with Crippen LogP contribution in [0.25, 0.3) is 10.8 Å². The molecule has 0 saturated carbocycles. The third-order valence-electron chi connectivity index (χ3n) is 3.38. The summed E-state index contributed by atoms with van der Waals surface area (Å²) >= 11 is 5.80. The first-order valence-corrected chi connectivity index (χ1v) is 7.78. The summed E-state index contributed by atoms with van der Waals surface area (Å²) in [6.07, 6.45) is 1.53. The maximum Gasteiger partial charge on any atom is 0.265 e. The molecule has 0 atom stereocenters. The SMILES string of the molecule is O=C(CO/N=C\c1ccc(Cl)cc1)Nc1ccc2ccccc2c1. The summed E-state index contributed by atoms with van der Waals surface area (Å²) in [5.41, 5.74) is 1.57. The van der Waals surface area contributed by atoms with Gasteiger partial charge in [-0.1, -0.05) is 59.2 Å². The summed E-state index contributed by atoms with van der Waals surface area (Å²) in [5, 5.41) is 9.41. The normalized spacial score (nSPS) is 10.9. The molecule has 0 fully saturated rings. The number of nitrogens with one attached hydrogen (secondary N) is 1. The van der Waals surface area contributed by atoms with Gasteiger partial charge in [-0.25, -0.2) is 0 Å². The maximum absolute atomic E-state index is 11.9. The number of amides is 1. The van der Waals surface area contributed by atoms with Crippen LogP contribution in [0, 0.1) is 0 Å². The molecule has 0 spiro atoms. The summed E-state index contributed by atoms with van der Waals surface area (Å²) in [7, 11) is 0. The Morgan fingerprint density at radius 1 is 1.04 bits per heavy atom. The molecule has 0 heterocycles. The van der Waals surface area contributed by atoms with Crippen molar-refractivity contribution in [3.05, 3.63) is 77.3 Å². The van der Waals surface area contributed by atoms with E-state index in [1.807, 2.05) is 54.6 Å². The van der Waals surface area contributed by atoms with Crippen LogP contribution in [0.4, 0.5) is 5.69 Å². The molecule has 5 heteroatoms. The van der Waals surface area contributed by atoms with Crippen molar-refractivity contribution in [3.8, 4) is 0 Å². The molecule has 0 aliphatic rings. The zero-order chi connectivity index (χ0) is 16.8. The summed E-state index contributed by atoms with van der Waals surface area (Å²) < 4.78 is 0. The van der Waals surface area contributed by atoms with Gasteiger partial charge in [-0.05, 0) is 40.6 Å². The van der Waals surface area contributed by atoms with E-state index in [0.717, 1.165) is 22.0 Å². The second-order valence-corrected chi connectivity index (χ2v) is 5.61. The minimum Gasteiger partial charge on any atom is -0.386 e. The first-order valence-electron chi connectivity index (χ1n) is 7.40. The number of hydrogen-bond donors (Lipinski definition) is 1. The molecule has 120 valence electrons. The van der Waals surface area contributed by atoms with Crippen LogP contribution in [0.2, 0.25) is 5.02 Å². The highest BCUT2D eigenvalue weighted by molar-refractivity contribution is 6.30. The Bertz CT molecular complexity index is 876. The molecule has 0 aliphatic heterocycles. The smallest absolute Gasteiger partial charge is 0.265 e. The molecule has 3 aromatic rings. The lowest BCUT2D eigenvalue weighted by molar-refractivity contribution is -0.120. The van der Waals surface area contributed by atoms with Crippen LogP contribution in [0.5, 0.6) is 0 Å². The van der Waals surface area contributed by atoms with E-state index in [1.54, 1.807) is 12.1 Å². The average Bonchev–Trinajstić information content (AvgIpc) is 2.60. The van der Waals surface area contributed by atoms with E-state index in [0.29, 0.717) is 5.02 Å². The second kappa shape index (κ2) is 7.62. The predicted molar refractivity (Wildman–Crippen MR) is 97.6 cm³/mol. The number of benzene rings is 3. The Kier molecular flexibility index (Phi) is 5.08. The molecule has 0 saturated heterocycles. The van der Waals surface area contributed by atoms with Crippen molar-refractivity contribution in [3.63, 3.8) is 0 Å². The van der Waals surface area contributed by atoms with Crippen molar-refractivity contribution < 1.29 is 9.63 Å². The maximum atomic E-state index is 11.9. The first-order chi connectivity index (χ1) is 11.7. The van der Waals surface area contributed by atoms with Gasteiger partial charge in [0, 0.05) is 10.7 Å². The van der Waals surface area contributed by atoms with Gasteiger partial charge in [-0.15, -0.1) is 0 Å². The summed E-state index contributed by atoms with van der Waals surface area (Å²) in [6.45, 7) is -0.156. The molecule has 0 bridgehead atoms. The molecule has 0 unspecified atom stereocenters. The summed E-state index contributed by atoms with van der Waals surface area (Å²) in [4.78, 5) is 16.9. The van der Waals surface area contributed by atoms with Gasteiger partial charge in [-0.3, -0.25) is 4.79 Å². The number of hydrogen-bond acceptors (Lipinski definition) is 3. The van der Waals surface area contributed by atoms with Gasteiger partial charge in [0.2, 0.25) is 0 Å². The molecule has 3 aromatic carbocycles. The second-order valence-electron chi connectivity index (χ2n) is 5.17. The zero-order valence-electron chi connectivity index (χ0n) is 12.8. The van der Waals surface area contributed by atoms with Crippen molar-refractivity contribution in [1.29, 1.82) is 0 Å². The third kappa shape index (κ3) is 4.33. The third-order valence-corrected chi connectivity index (χ3v) is 3.63. The lowest BCUT2D eigenvalue weighted by Gasteiger charge is -2.05. The minimum absolute atomic E-state index is 0.156. The van der Waals surface area contributed by atoms with Crippen molar-refractivity contribution in [1.82, 2.24) is 0 Å². The average molecular weight is 339 g/mol. The fraction of sp³-hybridized carbons (Fsp3) is 0.0526. The standard InChI is InChI=1S/C19H15ClN2O2/c20-17-8-5-14(6-9-17)12-21-24-13-19(23)22-18-10-7-15-3-1-2-4-16(15)11-18/h1-12H,13H2,(H,22,23)/b21-12-. The van der Waals surface area contributed by atoms with E-state index in [-0.39, 0.29) is 12.5 Å². The van der Waals surface area contributed by atoms with E-state index < -0.39 is 0 Å². The highest BCUT2D eigenvalue weighted by Crippen LogP contribution is 2.18. The van der Waals surface area contributed by atoms with Crippen molar-refractivity contribution >= 4 is 40.2 Å². The highest BCUT2D eigenvalue weighted by atomic mass is 35.5. The Labute approximate surface area is 144 Å². The van der Waals surface area contributed by atoms with Gasteiger partial charge in [0.25, 0.3) is 5.91 Å². The molecular weight excluding hydrogens is 324 g/mol. The monoisotopic (exact) mass is 338 g/mol. The fourth-order valence-corrected chi connectivity index (χ4v) is 2.33. The van der Waals surface area contributed by atoms with Crippen molar-refractivity contribution in [2.45, 2.75) is 0 Å². The lowest BCUT2D eigenvalue weighted by atomic mass is 10.1. The van der Waals surface area contributed by atoms with Crippen molar-refractivity contribution in [2.75, 3.05) is 11.9 Å².